The van der Waals surface area contributed by atoms with Gasteiger partial charge in [-0.2, -0.15) is 5.26 Å². The van der Waals surface area contributed by atoms with E-state index in [1.807, 2.05) is 49.4 Å². The van der Waals surface area contributed by atoms with Gasteiger partial charge < -0.3 is 9.47 Å². The van der Waals surface area contributed by atoms with E-state index in [0.29, 0.717) is 28.4 Å². The van der Waals surface area contributed by atoms with Gasteiger partial charge in [0.15, 0.2) is 11.5 Å². The Bertz CT molecular complexity index is 1150. The molecule has 0 N–H and O–H groups in total. The van der Waals surface area contributed by atoms with Gasteiger partial charge in [0.2, 0.25) is 0 Å². The van der Waals surface area contributed by atoms with Crippen molar-refractivity contribution < 1.29 is 14.3 Å². The van der Waals surface area contributed by atoms with Crippen molar-refractivity contribution in [2.24, 2.45) is 0 Å². The van der Waals surface area contributed by atoms with Gasteiger partial charge in [-0.25, -0.2) is 0 Å². The fourth-order valence-electron chi connectivity index (χ4n) is 3.39. The Hall–Kier alpha value is -4.04. The normalized spacial score (nSPS) is 14.6. The molecular formula is C25H20N2O3. The fraction of sp³-hybridized carbons (Fsp3) is 0.120. The Kier molecular flexibility index (Phi) is 5.23. The second kappa shape index (κ2) is 8.14. The van der Waals surface area contributed by atoms with Crippen molar-refractivity contribution in [1.82, 2.24) is 4.90 Å². The van der Waals surface area contributed by atoms with Crippen LogP contribution >= 0.6 is 0 Å². The van der Waals surface area contributed by atoms with Gasteiger partial charge in [-0.1, -0.05) is 35.9 Å². The molecule has 0 saturated carbocycles. The Labute approximate surface area is 175 Å². The zero-order valence-corrected chi connectivity index (χ0v) is 16.7. The van der Waals surface area contributed by atoms with Gasteiger partial charge >= 0.3 is 0 Å². The number of nitriles is 1. The molecule has 1 amide bonds. The topological polar surface area (TPSA) is 62.6 Å². The van der Waals surface area contributed by atoms with Crippen LogP contribution < -0.4 is 9.47 Å². The minimum Gasteiger partial charge on any atom is -0.493 e. The van der Waals surface area contributed by atoms with Crippen molar-refractivity contribution in [1.29, 1.82) is 5.26 Å². The maximum atomic E-state index is 13.0. The second-order valence-corrected chi connectivity index (χ2v) is 6.97. The van der Waals surface area contributed by atoms with Crippen LogP contribution in [0.1, 0.15) is 33.1 Å². The molecule has 0 saturated heterocycles. The zero-order valence-electron chi connectivity index (χ0n) is 16.7. The smallest absolute Gasteiger partial charge is 0.259 e. The summed E-state index contributed by atoms with van der Waals surface area (Å²) in [5.74, 6) is 1.47. The molecule has 4 rings (SSSR count). The first-order chi connectivity index (χ1) is 14.6. The second-order valence-electron chi connectivity index (χ2n) is 6.97. The van der Waals surface area contributed by atoms with Crippen LogP contribution in [-0.2, 0) is 0 Å². The van der Waals surface area contributed by atoms with Crippen molar-refractivity contribution >= 4 is 12.0 Å². The lowest BCUT2D eigenvalue weighted by atomic mass is 9.95. The van der Waals surface area contributed by atoms with Crippen LogP contribution in [-0.4, -0.2) is 17.9 Å². The van der Waals surface area contributed by atoms with Crippen LogP contribution in [0.4, 0.5) is 0 Å². The highest BCUT2D eigenvalue weighted by atomic mass is 16.5. The lowest BCUT2D eigenvalue weighted by molar-refractivity contribution is 0.0794. The highest BCUT2D eigenvalue weighted by Crippen LogP contribution is 2.40. The number of carbonyl (C=O) groups is 1. The standard InChI is InChI=1S/C25H20N2O3/c1-17-8-10-20(11-9-17)30-24-15-21-19(14-23(24)29-2)12-13-27(22(21)16-26)25(28)18-6-4-3-5-7-18/h3-15,22H,1-2H3. The molecular weight excluding hydrogens is 376 g/mol. The van der Waals surface area contributed by atoms with Crippen LogP contribution in [0.2, 0.25) is 0 Å². The third-order valence-corrected chi connectivity index (χ3v) is 4.98. The van der Waals surface area contributed by atoms with Gasteiger partial charge in [0.25, 0.3) is 5.91 Å². The first-order valence-corrected chi connectivity index (χ1v) is 9.52. The number of rotatable bonds is 4. The van der Waals surface area contributed by atoms with Crippen LogP contribution in [0.15, 0.2) is 72.9 Å². The van der Waals surface area contributed by atoms with E-state index < -0.39 is 6.04 Å². The van der Waals surface area contributed by atoms with Gasteiger partial charge in [0.1, 0.15) is 11.8 Å². The van der Waals surface area contributed by atoms with Crippen molar-refractivity contribution in [3.8, 4) is 23.3 Å². The van der Waals surface area contributed by atoms with Gasteiger partial charge in [-0.05, 0) is 55.0 Å². The minimum atomic E-state index is -0.774. The van der Waals surface area contributed by atoms with Crippen molar-refractivity contribution in [2.45, 2.75) is 13.0 Å². The molecule has 0 spiro atoms. The average molecular weight is 396 g/mol. The Morgan fingerprint density at radius 2 is 1.77 bits per heavy atom. The fourth-order valence-corrected chi connectivity index (χ4v) is 3.39. The number of carbonyl (C=O) groups excluding carboxylic acids is 1. The summed E-state index contributed by atoms with van der Waals surface area (Å²) in [5, 5.41) is 9.89. The summed E-state index contributed by atoms with van der Waals surface area (Å²) >= 11 is 0. The molecule has 1 heterocycles. The Morgan fingerprint density at radius 1 is 1.03 bits per heavy atom. The summed E-state index contributed by atoms with van der Waals surface area (Å²) < 4.78 is 11.5. The number of aryl methyl sites for hydroxylation is 1. The predicted molar refractivity (Wildman–Crippen MR) is 114 cm³/mol. The lowest BCUT2D eigenvalue weighted by Gasteiger charge is -2.29. The number of amides is 1. The highest BCUT2D eigenvalue weighted by Gasteiger charge is 2.30. The molecule has 0 radical (unpaired) electrons. The van der Waals surface area contributed by atoms with Crippen LogP contribution in [0, 0.1) is 18.3 Å². The largest absolute Gasteiger partial charge is 0.493 e. The summed E-state index contributed by atoms with van der Waals surface area (Å²) in [6.07, 6.45) is 3.45. The Balaban J connectivity index is 1.72. The maximum Gasteiger partial charge on any atom is 0.259 e. The zero-order chi connectivity index (χ0) is 21.1. The van der Waals surface area contributed by atoms with Crippen molar-refractivity contribution in [2.75, 3.05) is 7.11 Å². The molecule has 1 aliphatic rings. The molecule has 3 aromatic carbocycles. The van der Waals surface area contributed by atoms with E-state index in [9.17, 15) is 10.1 Å². The highest BCUT2D eigenvalue weighted by molar-refractivity contribution is 5.96. The van der Waals surface area contributed by atoms with Crippen molar-refractivity contribution in [3.05, 3.63) is 95.2 Å². The van der Waals surface area contributed by atoms with Gasteiger partial charge in [0.05, 0.1) is 13.2 Å². The number of methoxy groups -OCH3 is 1. The minimum absolute atomic E-state index is 0.235. The molecule has 0 aromatic heterocycles. The lowest BCUT2D eigenvalue weighted by Crippen LogP contribution is -2.31. The monoisotopic (exact) mass is 396 g/mol. The summed E-state index contributed by atoms with van der Waals surface area (Å²) in [6.45, 7) is 2.01. The summed E-state index contributed by atoms with van der Waals surface area (Å²) in [5.41, 5.74) is 3.15. The molecule has 1 aliphatic heterocycles. The van der Waals surface area contributed by atoms with E-state index in [1.165, 1.54) is 4.90 Å². The van der Waals surface area contributed by atoms with Crippen LogP contribution in [0.25, 0.3) is 6.08 Å². The maximum absolute atomic E-state index is 13.0. The van der Waals surface area contributed by atoms with Crippen LogP contribution in [0.5, 0.6) is 17.2 Å². The number of benzene rings is 3. The van der Waals surface area contributed by atoms with Gasteiger partial charge in [0, 0.05) is 17.3 Å². The average Bonchev–Trinajstić information content (AvgIpc) is 2.79. The first-order valence-electron chi connectivity index (χ1n) is 9.52. The summed E-state index contributed by atoms with van der Waals surface area (Å²) in [6, 6.07) is 21.7. The summed E-state index contributed by atoms with van der Waals surface area (Å²) in [4.78, 5) is 14.4. The number of nitrogens with zero attached hydrogens (tertiary/aromatic N) is 2. The van der Waals surface area contributed by atoms with E-state index >= 15 is 0 Å². The van der Waals surface area contributed by atoms with Gasteiger partial charge in [-0.3, -0.25) is 9.69 Å². The third-order valence-electron chi connectivity index (χ3n) is 4.98. The summed E-state index contributed by atoms with van der Waals surface area (Å²) in [7, 11) is 1.57. The SMILES string of the molecule is COc1cc2c(cc1Oc1ccc(C)cc1)C(C#N)N(C(=O)c1ccccc1)C=C2. The predicted octanol–water partition coefficient (Wildman–Crippen LogP) is 5.49. The van der Waals surface area contributed by atoms with Crippen LogP contribution in [0.3, 0.4) is 0 Å². The van der Waals surface area contributed by atoms with E-state index in [0.717, 1.165) is 11.1 Å². The van der Waals surface area contributed by atoms with E-state index in [1.54, 1.807) is 43.6 Å². The Morgan fingerprint density at radius 3 is 2.43 bits per heavy atom. The first kappa shape index (κ1) is 19.3. The number of fused-ring (bicyclic) bond motifs is 1. The molecule has 148 valence electrons. The number of hydrogen-bond donors (Lipinski definition) is 0. The molecule has 0 fully saturated rings. The molecule has 0 aliphatic carbocycles. The van der Waals surface area contributed by atoms with Crippen molar-refractivity contribution in [3.63, 3.8) is 0 Å². The molecule has 1 atom stereocenters. The van der Waals surface area contributed by atoms with E-state index in [-0.39, 0.29) is 5.91 Å². The molecule has 1 unspecified atom stereocenters. The van der Waals surface area contributed by atoms with E-state index in [4.69, 9.17) is 9.47 Å². The quantitative estimate of drug-likeness (QED) is 0.585. The van der Waals surface area contributed by atoms with Gasteiger partial charge in [-0.15, -0.1) is 0 Å². The molecule has 5 nitrogen and oxygen atoms in total. The number of hydrogen-bond acceptors (Lipinski definition) is 4. The molecule has 30 heavy (non-hydrogen) atoms. The number of ether oxygens (including phenoxy) is 2. The van der Waals surface area contributed by atoms with E-state index in [2.05, 4.69) is 6.07 Å². The third kappa shape index (κ3) is 3.63. The molecule has 5 heteroatoms. The molecule has 3 aromatic rings. The molecule has 0 bridgehead atoms.